The van der Waals surface area contributed by atoms with Gasteiger partial charge < -0.3 is 10.1 Å². The molecular formula is C24H22FNO2. The third kappa shape index (κ3) is 4.86. The average molecular weight is 375 g/mol. The molecule has 1 amide bonds. The highest BCUT2D eigenvalue weighted by Crippen LogP contribution is 2.23. The quantitative estimate of drug-likeness (QED) is 0.612. The Morgan fingerprint density at radius 3 is 2.32 bits per heavy atom. The van der Waals surface area contributed by atoms with Crippen molar-refractivity contribution < 1.29 is 13.9 Å². The molecule has 0 saturated carbocycles. The first-order valence-electron chi connectivity index (χ1n) is 9.00. The summed E-state index contributed by atoms with van der Waals surface area (Å²) in [6.07, 6.45) is 2.99. The van der Waals surface area contributed by atoms with E-state index >= 15 is 0 Å². The largest absolute Gasteiger partial charge is 0.494 e. The van der Waals surface area contributed by atoms with Crippen LogP contribution in [0.4, 0.5) is 4.39 Å². The van der Waals surface area contributed by atoms with Crippen LogP contribution in [0.5, 0.6) is 5.75 Å². The summed E-state index contributed by atoms with van der Waals surface area (Å²) in [5.41, 5.74) is 3.72. The molecule has 1 unspecified atom stereocenters. The van der Waals surface area contributed by atoms with Gasteiger partial charge in [0.25, 0.3) is 0 Å². The third-order valence-electron chi connectivity index (χ3n) is 4.43. The van der Waals surface area contributed by atoms with E-state index in [0.717, 1.165) is 16.7 Å². The van der Waals surface area contributed by atoms with Crippen LogP contribution < -0.4 is 10.1 Å². The SMILES string of the molecule is COc1ccc(/C=C/C(=O)NC(c2ccccc2)c2ccc(C)cc2)cc1F. The molecule has 0 aliphatic carbocycles. The van der Waals surface area contributed by atoms with E-state index in [2.05, 4.69) is 5.32 Å². The highest BCUT2D eigenvalue weighted by atomic mass is 19.1. The van der Waals surface area contributed by atoms with Gasteiger partial charge in [0.05, 0.1) is 13.2 Å². The van der Waals surface area contributed by atoms with Gasteiger partial charge in [-0.3, -0.25) is 4.79 Å². The Kier molecular flexibility index (Phi) is 6.22. The van der Waals surface area contributed by atoms with Crippen molar-refractivity contribution in [2.75, 3.05) is 7.11 Å². The van der Waals surface area contributed by atoms with Gasteiger partial charge in [-0.15, -0.1) is 0 Å². The van der Waals surface area contributed by atoms with Crippen molar-refractivity contribution in [1.82, 2.24) is 5.32 Å². The minimum absolute atomic E-state index is 0.171. The number of rotatable bonds is 6. The molecule has 0 bridgehead atoms. The van der Waals surface area contributed by atoms with E-state index in [1.165, 1.54) is 25.3 Å². The van der Waals surface area contributed by atoms with Gasteiger partial charge in [0, 0.05) is 6.08 Å². The van der Waals surface area contributed by atoms with E-state index < -0.39 is 5.82 Å². The molecule has 3 nitrogen and oxygen atoms in total. The van der Waals surface area contributed by atoms with Gasteiger partial charge in [-0.05, 0) is 41.8 Å². The summed E-state index contributed by atoms with van der Waals surface area (Å²) in [5, 5.41) is 3.03. The molecule has 1 atom stereocenters. The summed E-state index contributed by atoms with van der Waals surface area (Å²) in [6, 6.07) is 22.1. The molecule has 0 saturated heterocycles. The van der Waals surface area contributed by atoms with Crippen molar-refractivity contribution in [3.8, 4) is 5.75 Å². The lowest BCUT2D eigenvalue weighted by atomic mass is 9.98. The Hall–Kier alpha value is -3.40. The van der Waals surface area contributed by atoms with Gasteiger partial charge in [0.15, 0.2) is 11.6 Å². The molecule has 0 aliphatic rings. The zero-order valence-corrected chi connectivity index (χ0v) is 15.9. The van der Waals surface area contributed by atoms with Gasteiger partial charge in [-0.1, -0.05) is 66.2 Å². The number of nitrogens with one attached hydrogen (secondary N) is 1. The van der Waals surface area contributed by atoms with Crippen molar-refractivity contribution in [2.45, 2.75) is 13.0 Å². The maximum atomic E-state index is 13.8. The molecule has 0 fully saturated rings. The molecule has 0 aromatic heterocycles. The number of methoxy groups -OCH3 is 1. The van der Waals surface area contributed by atoms with E-state index in [9.17, 15) is 9.18 Å². The maximum Gasteiger partial charge on any atom is 0.244 e. The van der Waals surface area contributed by atoms with Crippen molar-refractivity contribution >= 4 is 12.0 Å². The van der Waals surface area contributed by atoms with Gasteiger partial charge in [-0.25, -0.2) is 4.39 Å². The average Bonchev–Trinajstić information content (AvgIpc) is 2.72. The molecule has 3 rings (SSSR count). The Balaban J connectivity index is 1.79. The number of ether oxygens (including phenoxy) is 1. The van der Waals surface area contributed by atoms with E-state index in [-0.39, 0.29) is 17.7 Å². The minimum Gasteiger partial charge on any atom is -0.494 e. The van der Waals surface area contributed by atoms with Gasteiger partial charge in [0.1, 0.15) is 0 Å². The van der Waals surface area contributed by atoms with E-state index in [1.807, 2.05) is 61.5 Å². The molecule has 4 heteroatoms. The highest BCUT2D eigenvalue weighted by Gasteiger charge is 2.15. The first kappa shape index (κ1) is 19.4. The summed E-state index contributed by atoms with van der Waals surface area (Å²) in [5.74, 6) is -0.553. The molecule has 1 N–H and O–H groups in total. The number of benzene rings is 3. The lowest BCUT2D eigenvalue weighted by Gasteiger charge is -2.19. The number of carbonyl (C=O) groups is 1. The number of carbonyl (C=O) groups excluding carboxylic acids is 1. The van der Waals surface area contributed by atoms with Crippen LogP contribution in [0.25, 0.3) is 6.08 Å². The Morgan fingerprint density at radius 2 is 1.68 bits per heavy atom. The molecule has 28 heavy (non-hydrogen) atoms. The zero-order chi connectivity index (χ0) is 19.9. The van der Waals surface area contributed by atoms with Crippen LogP contribution in [0.1, 0.15) is 28.3 Å². The fourth-order valence-electron chi connectivity index (χ4n) is 2.91. The van der Waals surface area contributed by atoms with E-state index in [1.54, 1.807) is 12.1 Å². The lowest BCUT2D eigenvalue weighted by molar-refractivity contribution is -0.116. The Morgan fingerprint density at radius 1 is 1.00 bits per heavy atom. The fraction of sp³-hybridized carbons (Fsp3) is 0.125. The normalized spacial score (nSPS) is 12.0. The summed E-state index contributed by atoms with van der Waals surface area (Å²) < 4.78 is 18.7. The van der Waals surface area contributed by atoms with Crippen molar-refractivity contribution in [2.24, 2.45) is 0 Å². The third-order valence-corrected chi connectivity index (χ3v) is 4.43. The molecule has 142 valence electrons. The monoisotopic (exact) mass is 375 g/mol. The molecule has 0 radical (unpaired) electrons. The summed E-state index contributed by atoms with van der Waals surface area (Å²) in [7, 11) is 1.41. The second-order valence-electron chi connectivity index (χ2n) is 6.49. The Labute approximate surface area is 164 Å². The van der Waals surface area contributed by atoms with E-state index in [0.29, 0.717) is 5.56 Å². The van der Waals surface area contributed by atoms with Gasteiger partial charge in [-0.2, -0.15) is 0 Å². The van der Waals surface area contributed by atoms with Crippen molar-refractivity contribution in [3.05, 3.63) is 107 Å². The van der Waals surface area contributed by atoms with Gasteiger partial charge in [0.2, 0.25) is 5.91 Å². The first-order chi connectivity index (χ1) is 13.6. The van der Waals surface area contributed by atoms with Crippen LogP contribution in [-0.2, 0) is 4.79 Å². The number of hydrogen-bond acceptors (Lipinski definition) is 2. The smallest absolute Gasteiger partial charge is 0.244 e. The molecule has 3 aromatic rings. The first-order valence-corrected chi connectivity index (χ1v) is 9.00. The van der Waals surface area contributed by atoms with Crippen molar-refractivity contribution in [1.29, 1.82) is 0 Å². The number of halogens is 1. The summed E-state index contributed by atoms with van der Waals surface area (Å²) >= 11 is 0. The molecule has 0 aliphatic heterocycles. The predicted octanol–water partition coefficient (Wildman–Crippen LogP) is 5.06. The van der Waals surface area contributed by atoms with Crippen LogP contribution in [-0.4, -0.2) is 13.0 Å². The number of aryl methyl sites for hydroxylation is 1. The second-order valence-corrected chi connectivity index (χ2v) is 6.49. The number of hydrogen-bond donors (Lipinski definition) is 1. The zero-order valence-electron chi connectivity index (χ0n) is 15.9. The Bertz CT molecular complexity index is 966. The standard InChI is InChI=1S/C24H22FNO2/c1-17-8-12-20(13-9-17)24(19-6-4-3-5-7-19)26-23(27)15-11-18-10-14-22(28-2)21(25)16-18/h3-16,24H,1-2H3,(H,26,27)/b15-11+. The van der Waals surface area contributed by atoms with Crippen LogP contribution in [0.2, 0.25) is 0 Å². The molecule has 0 spiro atoms. The topological polar surface area (TPSA) is 38.3 Å². The second kappa shape index (κ2) is 9.00. The minimum atomic E-state index is -0.466. The molecule has 0 heterocycles. The summed E-state index contributed by atoms with van der Waals surface area (Å²) in [4.78, 5) is 12.5. The van der Waals surface area contributed by atoms with Crippen LogP contribution in [0, 0.1) is 12.7 Å². The predicted molar refractivity (Wildman–Crippen MR) is 110 cm³/mol. The van der Waals surface area contributed by atoms with E-state index in [4.69, 9.17) is 4.74 Å². The van der Waals surface area contributed by atoms with Gasteiger partial charge >= 0.3 is 0 Å². The van der Waals surface area contributed by atoms with Crippen LogP contribution in [0.3, 0.4) is 0 Å². The maximum absolute atomic E-state index is 13.8. The van der Waals surface area contributed by atoms with Crippen molar-refractivity contribution in [3.63, 3.8) is 0 Å². The lowest BCUT2D eigenvalue weighted by Crippen LogP contribution is -2.27. The summed E-state index contributed by atoms with van der Waals surface area (Å²) in [6.45, 7) is 2.02. The number of amides is 1. The molecular weight excluding hydrogens is 353 g/mol. The fourth-order valence-corrected chi connectivity index (χ4v) is 2.91. The van der Waals surface area contributed by atoms with Crippen LogP contribution in [0.15, 0.2) is 78.9 Å². The highest BCUT2D eigenvalue weighted by molar-refractivity contribution is 5.92. The van der Waals surface area contributed by atoms with Crippen LogP contribution >= 0.6 is 0 Å². The molecule has 3 aromatic carbocycles.